The van der Waals surface area contributed by atoms with Crippen molar-refractivity contribution in [1.82, 2.24) is 5.32 Å². The van der Waals surface area contributed by atoms with Gasteiger partial charge in [-0.25, -0.2) is 4.39 Å². The van der Waals surface area contributed by atoms with Gasteiger partial charge in [0.2, 0.25) is 0 Å². The highest BCUT2D eigenvalue weighted by atomic mass is 19.1. The molecule has 0 heterocycles. The Morgan fingerprint density at radius 3 is 2.59 bits per heavy atom. The van der Waals surface area contributed by atoms with Crippen LogP contribution in [0.4, 0.5) is 4.39 Å². The van der Waals surface area contributed by atoms with Gasteiger partial charge in [-0.15, -0.1) is 0 Å². The number of guanidine groups is 1. The fraction of sp³-hybridized carbons (Fsp3) is 0.462. The molecule has 0 aliphatic carbocycles. The summed E-state index contributed by atoms with van der Waals surface area (Å²) >= 11 is 0. The van der Waals surface area contributed by atoms with E-state index in [1.54, 1.807) is 12.1 Å². The molecule has 0 saturated heterocycles. The van der Waals surface area contributed by atoms with E-state index >= 15 is 0 Å². The molecule has 4 heteroatoms. The van der Waals surface area contributed by atoms with Gasteiger partial charge in [0, 0.05) is 12.1 Å². The Bertz CT molecular complexity index is 394. The predicted octanol–water partition coefficient (Wildman–Crippen LogP) is 2.07. The van der Waals surface area contributed by atoms with Crippen LogP contribution in [0.5, 0.6) is 0 Å². The van der Waals surface area contributed by atoms with Crippen LogP contribution in [-0.2, 0) is 6.42 Å². The van der Waals surface area contributed by atoms with Crippen molar-refractivity contribution in [2.45, 2.75) is 32.7 Å². The van der Waals surface area contributed by atoms with Crippen molar-refractivity contribution in [1.29, 1.82) is 0 Å². The van der Waals surface area contributed by atoms with E-state index in [1.807, 2.05) is 26.8 Å². The highest BCUT2D eigenvalue weighted by Gasteiger charge is 2.09. The molecule has 94 valence electrons. The van der Waals surface area contributed by atoms with Crippen molar-refractivity contribution in [2.75, 3.05) is 6.54 Å². The first-order valence-corrected chi connectivity index (χ1v) is 5.70. The topological polar surface area (TPSA) is 50.4 Å². The summed E-state index contributed by atoms with van der Waals surface area (Å²) in [5.74, 6) is 0.207. The molecule has 0 saturated carbocycles. The van der Waals surface area contributed by atoms with Crippen molar-refractivity contribution in [3.05, 3.63) is 35.6 Å². The van der Waals surface area contributed by atoms with E-state index in [-0.39, 0.29) is 11.4 Å². The minimum atomic E-state index is -0.190. The van der Waals surface area contributed by atoms with Gasteiger partial charge in [-0.05, 0) is 38.8 Å². The van der Waals surface area contributed by atoms with Gasteiger partial charge in [0.25, 0.3) is 0 Å². The number of nitrogens with two attached hydrogens (primary N) is 1. The van der Waals surface area contributed by atoms with Gasteiger partial charge < -0.3 is 11.1 Å². The Morgan fingerprint density at radius 2 is 2.00 bits per heavy atom. The zero-order chi connectivity index (χ0) is 12.9. The summed E-state index contributed by atoms with van der Waals surface area (Å²) in [7, 11) is 0. The first kappa shape index (κ1) is 13.5. The fourth-order valence-corrected chi connectivity index (χ4v) is 1.42. The Balaban J connectivity index is 2.47. The van der Waals surface area contributed by atoms with Crippen LogP contribution in [0.2, 0.25) is 0 Å². The highest BCUT2D eigenvalue weighted by molar-refractivity contribution is 5.78. The monoisotopic (exact) mass is 237 g/mol. The fourth-order valence-electron chi connectivity index (χ4n) is 1.42. The number of halogens is 1. The Kier molecular flexibility index (Phi) is 4.49. The molecule has 3 N–H and O–H groups in total. The average molecular weight is 237 g/mol. The summed E-state index contributed by atoms with van der Waals surface area (Å²) in [6, 6.07) is 6.71. The SMILES string of the molecule is CC(C)(C)NC(N)=NCCc1ccccc1F. The summed E-state index contributed by atoms with van der Waals surface area (Å²) in [5, 5.41) is 3.05. The van der Waals surface area contributed by atoms with Crippen LogP contribution < -0.4 is 11.1 Å². The lowest BCUT2D eigenvalue weighted by atomic mass is 10.1. The zero-order valence-electron chi connectivity index (χ0n) is 10.6. The molecule has 0 bridgehead atoms. The van der Waals surface area contributed by atoms with E-state index in [0.717, 1.165) is 0 Å². The third-order valence-corrected chi connectivity index (χ3v) is 2.12. The summed E-state index contributed by atoms with van der Waals surface area (Å²) in [6.07, 6.45) is 0.555. The lowest BCUT2D eigenvalue weighted by Gasteiger charge is -2.20. The van der Waals surface area contributed by atoms with Crippen LogP contribution in [0.15, 0.2) is 29.3 Å². The van der Waals surface area contributed by atoms with Crippen LogP contribution in [0.1, 0.15) is 26.3 Å². The maximum absolute atomic E-state index is 13.3. The van der Waals surface area contributed by atoms with E-state index < -0.39 is 0 Å². The maximum atomic E-state index is 13.3. The number of aliphatic imine (C=N–C) groups is 1. The Morgan fingerprint density at radius 1 is 1.35 bits per heavy atom. The second kappa shape index (κ2) is 5.66. The molecule has 1 aromatic rings. The second-order valence-corrected chi connectivity index (χ2v) is 4.98. The molecule has 0 aliphatic rings. The molecule has 0 atom stereocenters. The van der Waals surface area contributed by atoms with Crippen molar-refractivity contribution < 1.29 is 4.39 Å². The number of nitrogens with one attached hydrogen (secondary N) is 1. The summed E-state index contributed by atoms with van der Waals surface area (Å²) in [6.45, 7) is 6.50. The van der Waals surface area contributed by atoms with Crippen LogP contribution in [-0.4, -0.2) is 18.0 Å². The largest absolute Gasteiger partial charge is 0.370 e. The number of rotatable bonds is 3. The molecular formula is C13H20FN3. The molecule has 0 radical (unpaired) electrons. The van der Waals surface area contributed by atoms with Crippen molar-refractivity contribution >= 4 is 5.96 Å². The van der Waals surface area contributed by atoms with Gasteiger partial charge in [-0.3, -0.25) is 4.99 Å². The third-order valence-electron chi connectivity index (χ3n) is 2.12. The third kappa shape index (κ3) is 5.33. The van der Waals surface area contributed by atoms with E-state index in [2.05, 4.69) is 10.3 Å². The molecule has 0 spiro atoms. The smallest absolute Gasteiger partial charge is 0.188 e. The average Bonchev–Trinajstić information content (AvgIpc) is 2.18. The number of benzene rings is 1. The van der Waals surface area contributed by atoms with Crippen molar-refractivity contribution in [3.63, 3.8) is 0 Å². The van der Waals surface area contributed by atoms with Crippen LogP contribution in [0, 0.1) is 5.82 Å². The van der Waals surface area contributed by atoms with E-state index in [9.17, 15) is 4.39 Å². The molecule has 0 aromatic heterocycles. The first-order chi connectivity index (χ1) is 7.88. The van der Waals surface area contributed by atoms with Crippen LogP contribution in [0.25, 0.3) is 0 Å². The minimum absolute atomic E-state index is 0.106. The number of hydrogen-bond donors (Lipinski definition) is 2. The molecule has 1 rings (SSSR count). The Labute approximate surface area is 102 Å². The lowest BCUT2D eigenvalue weighted by molar-refractivity contribution is 0.508. The van der Waals surface area contributed by atoms with E-state index in [1.165, 1.54) is 6.07 Å². The molecule has 0 amide bonds. The molecule has 3 nitrogen and oxygen atoms in total. The van der Waals surface area contributed by atoms with E-state index in [4.69, 9.17) is 5.73 Å². The molecule has 17 heavy (non-hydrogen) atoms. The maximum Gasteiger partial charge on any atom is 0.188 e. The number of hydrogen-bond acceptors (Lipinski definition) is 1. The summed E-state index contributed by atoms with van der Waals surface area (Å²) < 4.78 is 13.3. The van der Waals surface area contributed by atoms with Gasteiger partial charge >= 0.3 is 0 Å². The molecule has 0 aliphatic heterocycles. The number of nitrogens with zero attached hydrogens (tertiary/aromatic N) is 1. The second-order valence-electron chi connectivity index (χ2n) is 4.98. The molecular weight excluding hydrogens is 217 g/mol. The zero-order valence-corrected chi connectivity index (χ0v) is 10.6. The highest BCUT2D eigenvalue weighted by Crippen LogP contribution is 2.06. The first-order valence-electron chi connectivity index (χ1n) is 5.70. The minimum Gasteiger partial charge on any atom is -0.370 e. The predicted molar refractivity (Wildman–Crippen MR) is 69.5 cm³/mol. The summed E-state index contributed by atoms with van der Waals surface area (Å²) in [5.41, 5.74) is 6.27. The summed E-state index contributed by atoms with van der Waals surface area (Å²) in [4.78, 5) is 4.16. The van der Waals surface area contributed by atoms with Crippen LogP contribution >= 0.6 is 0 Å². The van der Waals surface area contributed by atoms with E-state index in [0.29, 0.717) is 24.5 Å². The van der Waals surface area contributed by atoms with Gasteiger partial charge in [0.15, 0.2) is 5.96 Å². The van der Waals surface area contributed by atoms with Gasteiger partial charge in [0.1, 0.15) is 5.82 Å². The quantitative estimate of drug-likeness (QED) is 0.624. The standard InChI is InChI=1S/C13H20FN3/c1-13(2,3)17-12(15)16-9-8-10-6-4-5-7-11(10)14/h4-7H,8-9H2,1-3H3,(H3,15,16,17). The van der Waals surface area contributed by atoms with Crippen LogP contribution in [0.3, 0.4) is 0 Å². The lowest BCUT2D eigenvalue weighted by Crippen LogP contribution is -2.45. The molecule has 0 fully saturated rings. The normalized spacial score (nSPS) is 12.6. The molecule has 1 aromatic carbocycles. The van der Waals surface area contributed by atoms with Gasteiger partial charge in [-0.1, -0.05) is 18.2 Å². The van der Waals surface area contributed by atoms with Gasteiger partial charge in [-0.2, -0.15) is 0 Å². The molecule has 0 unspecified atom stereocenters. The van der Waals surface area contributed by atoms with Crippen molar-refractivity contribution in [2.24, 2.45) is 10.7 Å². The Hall–Kier alpha value is -1.58. The van der Waals surface area contributed by atoms with Crippen molar-refractivity contribution in [3.8, 4) is 0 Å². The van der Waals surface area contributed by atoms with Gasteiger partial charge in [0.05, 0.1) is 0 Å².